The Labute approximate surface area is 183 Å². The third-order valence-corrected chi connectivity index (χ3v) is 6.74. The number of anilines is 3. The normalized spacial score (nSPS) is 22.3. The zero-order chi connectivity index (χ0) is 21.0. The first-order valence-corrected chi connectivity index (χ1v) is 11.5. The Morgan fingerprint density at radius 2 is 1.68 bits per heavy atom. The molecule has 0 unspecified atom stereocenters. The lowest BCUT2D eigenvalue weighted by Gasteiger charge is -2.39. The molecule has 1 saturated heterocycles. The van der Waals surface area contributed by atoms with E-state index >= 15 is 0 Å². The summed E-state index contributed by atoms with van der Waals surface area (Å²) in [4.78, 5) is 11.3. The second kappa shape index (κ2) is 9.06. The monoisotopic (exact) mass is 417 g/mol. The average molecular weight is 418 g/mol. The Kier molecular flexibility index (Phi) is 5.84. The van der Waals surface area contributed by atoms with Gasteiger partial charge in [0.05, 0.1) is 0 Å². The van der Waals surface area contributed by atoms with Crippen LogP contribution >= 0.6 is 0 Å². The van der Waals surface area contributed by atoms with E-state index in [-0.39, 0.29) is 0 Å². The van der Waals surface area contributed by atoms with Crippen LogP contribution in [0, 0.1) is 0 Å². The first-order chi connectivity index (χ1) is 15.3. The van der Waals surface area contributed by atoms with Gasteiger partial charge in [-0.05, 0) is 87.4 Å². The van der Waals surface area contributed by atoms with Crippen molar-refractivity contribution in [3.8, 4) is 5.82 Å². The summed E-state index contributed by atoms with van der Waals surface area (Å²) in [5.41, 5.74) is 8.42. The number of nitrogens with two attached hydrogens (primary N) is 1. The molecule has 3 heterocycles. The molecule has 5 rings (SSSR count). The molecule has 3 N–H and O–H groups in total. The fraction of sp³-hybridized carbons (Fsp3) is 0.458. The van der Waals surface area contributed by atoms with Crippen molar-refractivity contribution in [2.75, 3.05) is 24.1 Å². The summed E-state index contributed by atoms with van der Waals surface area (Å²) >= 11 is 0. The van der Waals surface area contributed by atoms with Gasteiger partial charge in [0.15, 0.2) is 5.82 Å². The van der Waals surface area contributed by atoms with Crippen LogP contribution in [0.1, 0.15) is 56.4 Å². The quantitative estimate of drug-likeness (QED) is 0.636. The number of nitrogens with zero attached hydrogens (tertiary/aromatic N) is 5. The van der Waals surface area contributed by atoms with Crippen LogP contribution in [0.5, 0.6) is 0 Å². The molecule has 7 heteroatoms. The Bertz CT molecular complexity index is 969. The van der Waals surface area contributed by atoms with E-state index in [0.29, 0.717) is 23.6 Å². The lowest BCUT2D eigenvalue weighted by molar-refractivity contribution is 0.125. The molecule has 0 radical (unpaired) electrons. The average Bonchev–Trinajstić information content (AvgIpc) is 3.21. The highest BCUT2D eigenvalue weighted by Crippen LogP contribution is 2.36. The van der Waals surface area contributed by atoms with E-state index in [1.807, 2.05) is 18.2 Å². The number of piperidine rings is 1. The van der Waals surface area contributed by atoms with Crippen molar-refractivity contribution in [2.24, 2.45) is 0 Å². The number of likely N-dealkylation sites (tertiary alicyclic amines) is 1. The van der Waals surface area contributed by atoms with Gasteiger partial charge in [0.2, 0.25) is 11.9 Å². The Morgan fingerprint density at radius 3 is 2.39 bits per heavy atom. The molecule has 2 fully saturated rings. The molecule has 1 aliphatic heterocycles. The minimum absolute atomic E-state index is 0.309. The third-order valence-electron chi connectivity index (χ3n) is 6.74. The van der Waals surface area contributed by atoms with Gasteiger partial charge in [0, 0.05) is 17.9 Å². The van der Waals surface area contributed by atoms with Crippen LogP contribution in [0.2, 0.25) is 0 Å². The van der Waals surface area contributed by atoms with Crippen molar-refractivity contribution in [2.45, 2.75) is 56.9 Å². The molecule has 0 spiro atoms. The Balaban J connectivity index is 1.19. The topological polar surface area (TPSA) is 84.9 Å². The highest BCUT2D eigenvalue weighted by atomic mass is 15.4. The number of nitrogen functional groups attached to an aromatic ring is 1. The van der Waals surface area contributed by atoms with E-state index in [1.54, 1.807) is 6.20 Å². The van der Waals surface area contributed by atoms with Gasteiger partial charge >= 0.3 is 0 Å². The van der Waals surface area contributed by atoms with Gasteiger partial charge in [-0.1, -0.05) is 24.6 Å². The van der Waals surface area contributed by atoms with Crippen LogP contribution < -0.4 is 11.1 Å². The molecule has 3 aromatic rings. The summed E-state index contributed by atoms with van der Waals surface area (Å²) < 4.78 is 1.54. The van der Waals surface area contributed by atoms with Crippen LogP contribution in [-0.4, -0.2) is 43.8 Å². The second-order valence-corrected chi connectivity index (χ2v) is 8.74. The van der Waals surface area contributed by atoms with Gasteiger partial charge in [0.25, 0.3) is 0 Å². The summed E-state index contributed by atoms with van der Waals surface area (Å²) in [6.07, 6.45) is 11.1. The van der Waals surface area contributed by atoms with Gasteiger partial charge in [0.1, 0.15) is 0 Å². The zero-order valence-electron chi connectivity index (χ0n) is 18.0. The van der Waals surface area contributed by atoms with Crippen LogP contribution in [-0.2, 0) is 0 Å². The SMILES string of the molecule is Nc1nc(Nc2ccc(C3CCC(N4CCCCC4)CC3)cc2)nn1-c1ccccn1. The van der Waals surface area contributed by atoms with E-state index in [9.17, 15) is 0 Å². The standard InChI is InChI=1S/C24H31N7/c25-23-28-24(29-31(23)22-6-2-3-15-26-22)27-20-11-7-18(8-12-20)19-9-13-21(14-10-19)30-16-4-1-5-17-30/h2-3,6-8,11-12,15,19,21H,1,4-5,9-10,13-14,16-17H2,(H3,25,27,28,29). The minimum atomic E-state index is 0.309. The minimum Gasteiger partial charge on any atom is -0.368 e. The Morgan fingerprint density at radius 1 is 0.903 bits per heavy atom. The van der Waals surface area contributed by atoms with E-state index in [1.165, 1.54) is 68.3 Å². The molecular formula is C24H31N7. The summed E-state index contributed by atoms with van der Waals surface area (Å²) in [7, 11) is 0. The lowest BCUT2D eigenvalue weighted by atomic mass is 9.81. The third kappa shape index (κ3) is 4.56. The highest BCUT2D eigenvalue weighted by Gasteiger charge is 2.27. The molecule has 7 nitrogen and oxygen atoms in total. The van der Waals surface area contributed by atoms with Crippen molar-refractivity contribution in [3.05, 3.63) is 54.2 Å². The fourth-order valence-corrected chi connectivity index (χ4v) is 5.05. The van der Waals surface area contributed by atoms with Crippen molar-refractivity contribution in [1.82, 2.24) is 24.6 Å². The molecule has 0 bridgehead atoms. The number of benzene rings is 1. The van der Waals surface area contributed by atoms with E-state index < -0.39 is 0 Å². The molecule has 1 aliphatic carbocycles. The van der Waals surface area contributed by atoms with E-state index in [4.69, 9.17) is 5.73 Å². The zero-order valence-corrected chi connectivity index (χ0v) is 18.0. The number of pyridine rings is 1. The maximum atomic E-state index is 6.02. The fourth-order valence-electron chi connectivity index (χ4n) is 5.05. The Hall–Kier alpha value is -2.93. The van der Waals surface area contributed by atoms with Gasteiger partial charge < -0.3 is 16.0 Å². The summed E-state index contributed by atoms with van der Waals surface area (Å²) in [6, 6.07) is 15.1. The summed E-state index contributed by atoms with van der Waals surface area (Å²) in [5.74, 6) is 2.10. The van der Waals surface area contributed by atoms with Crippen LogP contribution in [0.4, 0.5) is 17.6 Å². The predicted molar refractivity (Wildman–Crippen MR) is 124 cm³/mol. The molecule has 0 amide bonds. The first kappa shape index (κ1) is 20.0. The van der Waals surface area contributed by atoms with Gasteiger partial charge in [-0.3, -0.25) is 0 Å². The van der Waals surface area contributed by atoms with Crippen molar-refractivity contribution in [1.29, 1.82) is 0 Å². The van der Waals surface area contributed by atoms with Crippen molar-refractivity contribution >= 4 is 17.6 Å². The van der Waals surface area contributed by atoms with Gasteiger partial charge in [-0.2, -0.15) is 9.67 Å². The number of hydrogen-bond donors (Lipinski definition) is 2. The summed E-state index contributed by atoms with van der Waals surface area (Å²) in [5, 5.41) is 7.70. The van der Waals surface area contributed by atoms with Crippen LogP contribution in [0.25, 0.3) is 5.82 Å². The molecule has 31 heavy (non-hydrogen) atoms. The maximum absolute atomic E-state index is 6.02. The smallest absolute Gasteiger partial charge is 0.248 e. The van der Waals surface area contributed by atoms with Gasteiger partial charge in [-0.25, -0.2) is 4.98 Å². The summed E-state index contributed by atoms with van der Waals surface area (Å²) in [6.45, 7) is 2.62. The molecule has 2 aliphatic rings. The second-order valence-electron chi connectivity index (χ2n) is 8.74. The number of nitrogens with one attached hydrogen (secondary N) is 1. The maximum Gasteiger partial charge on any atom is 0.248 e. The number of aromatic nitrogens is 4. The predicted octanol–water partition coefficient (Wildman–Crippen LogP) is 4.50. The number of hydrogen-bond acceptors (Lipinski definition) is 6. The van der Waals surface area contributed by atoms with Crippen LogP contribution in [0.3, 0.4) is 0 Å². The highest BCUT2D eigenvalue weighted by molar-refractivity contribution is 5.55. The van der Waals surface area contributed by atoms with Crippen molar-refractivity contribution in [3.63, 3.8) is 0 Å². The number of rotatable bonds is 5. The molecule has 2 aromatic heterocycles. The molecule has 162 valence electrons. The molecule has 1 saturated carbocycles. The van der Waals surface area contributed by atoms with Crippen molar-refractivity contribution < 1.29 is 0 Å². The molecule has 1 aromatic carbocycles. The van der Waals surface area contributed by atoms with E-state index in [2.05, 4.69) is 49.5 Å². The van der Waals surface area contributed by atoms with E-state index in [0.717, 1.165) is 11.7 Å². The largest absolute Gasteiger partial charge is 0.368 e. The molecular weight excluding hydrogens is 386 g/mol. The van der Waals surface area contributed by atoms with Gasteiger partial charge in [-0.15, -0.1) is 5.10 Å². The lowest BCUT2D eigenvalue weighted by Crippen LogP contribution is -2.41. The first-order valence-electron chi connectivity index (χ1n) is 11.5. The van der Waals surface area contributed by atoms with Crippen LogP contribution in [0.15, 0.2) is 48.7 Å². The molecule has 0 atom stereocenters.